The van der Waals surface area contributed by atoms with E-state index in [-0.39, 0.29) is 12.1 Å². The van der Waals surface area contributed by atoms with Gasteiger partial charge in [-0.25, -0.2) is 0 Å². The lowest BCUT2D eigenvalue weighted by atomic mass is 10.2. The van der Waals surface area contributed by atoms with Gasteiger partial charge in [-0.1, -0.05) is 5.16 Å². The number of hydrogen-bond donors (Lipinski definition) is 2. The minimum atomic E-state index is -0.369. The molecule has 1 aromatic heterocycles. The predicted molar refractivity (Wildman–Crippen MR) is 74.2 cm³/mol. The number of hydrogen-bond acceptors (Lipinski definition) is 7. The van der Waals surface area contributed by atoms with Crippen LogP contribution in [0, 0.1) is 0 Å². The fourth-order valence-corrected chi connectivity index (χ4v) is 2.37. The van der Waals surface area contributed by atoms with Gasteiger partial charge in [0.2, 0.25) is 11.7 Å². The summed E-state index contributed by atoms with van der Waals surface area (Å²) in [7, 11) is 3.16. The largest absolute Gasteiger partial charge is 0.493 e. The predicted octanol–water partition coefficient (Wildman–Crippen LogP) is 1.15. The van der Waals surface area contributed by atoms with E-state index < -0.39 is 0 Å². The maximum absolute atomic E-state index is 9.53. The average Bonchev–Trinajstić information content (AvgIpc) is 3.15. The Morgan fingerprint density at radius 2 is 2.10 bits per heavy atom. The van der Waals surface area contributed by atoms with Crippen LogP contribution >= 0.6 is 0 Å². The Bertz CT molecular complexity index is 628. The molecule has 0 bridgehead atoms. The number of rotatable bonds is 4. The average molecular weight is 291 g/mol. The number of β-amino-alcohol motifs (C(OH)–C–C–N with tert-alkyl or cyclic N) is 1. The molecule has 7 heteroatoms. The van der Waals surface area contributed by atoms with Crippen LogP contribution in [0.4, 0.5) is 0 Å². The fraction of sp³-hybridized carbons (Fsp3) is 0.429. The lowest BCUT2D eigenvalue weighted by Gasteiger charge is -2.07. The second-order valence-corrected chi connectivity index (χ2v) is 4.88. The first-order chi connectivity index (χ1) is 10.2. The summed E-state index contributed by atoms with van der Waals surface area (Å²) >= 11 is 0. The SMILES string of the molecule is COc1ccc(-c2noc([C@H]3C[C@@H](O)CN3)n2)cc1OC. The highest BCUT2D eigenvalue weighted by atomic mass is 16.5. The van der Waals surface area contributed by atoms with Crippen molar-refractivity contribution in [2.75, 3.05) is 20.8 Å². The first-order valence-electron chi connectivity index (χ1n) is 6.68. The highest BCUT2D eigenvalue weighted by Gasteiger charge is 2.28. The maximum Gasteiger partial charge on any atom is 0.244 e. The van der Waals surface area contributed by atoms with Gasteiger partial charge in [0.15, 0.2) is 11.5 Å². The van der Waals surface area contributed by atoms with E-state index >= 15 is 0 Å². The number of benzene rings is 1. The molecular weight excluding hydrogens is 274 g/mol. The van der Waals surface area contributed by atoms with Crippen molar-refractivity contribution in [3.8, 4) is 22.9 Å². The van der Waals surface area contributed by atoms with Gasteiger partial charge in [0.25, 0.3) is 0 Å². The topological polar surface area (TPSA) is 89.6 Å². The van der Waals surface area contributed by atoms with Crippen LogP contribution in [0.3, 0.4) is 0 Å². The first-order valence-corrected chi connectivity index (χ1v) is 6.68. The van der Waals surface area contributed by atoms with E-state index in [1.165, 1.54) is 0 Å². The van der Waals surface area contributed by atoms with Crippen LogP contribution in [0.5, 0.6) is 11.5 Å². The number of nitrogens with zero attached hydrogens (tertiary/aromatic N) is 2. The number of ether oxygens (including phenoxy) is 2. The molecule has 0 unspecified atom stereocenters. The second kappa shape index (κ2) is 5.71. The minimum Gasteiger partial charge on any atom is -0.493 e. The van der Waals surface area contributed by atoms with E-state index in [2.05, 4.69) is 15.5 Å². The van der Waals surface area contributed by atoms with Crippen LogP contribution in [0.15, 0.2) is 22.7 Å². The highest BCUT2D eigenvalue weighted by molar-refractivity contribution is 5.60. The third-order valence-corrected chi connectivity index (χ3v) is 3.49. The van der Waals surface area contributed by atoms with Gasteiger partial charge in [0.05, 0.1) is 26.4 Å². The Balaban J connectivity index is 1.86. The molecule has 2 N–H and O–H groups in total. The van der Waals surface area contributed by atoms with Gasteiger partial charge in [-0.15, -0.1) is 0 Å². The highest BCUT2D eigenvalue weighted by Crippen LogP contribution is 2.32. The second-order valence-electron chi connectivity index (χ2n) is 4.88. The van der Waals surface area contributed by atoms with E-state index in [1.807, 2.05) is 6.07 Å². The van der Waals surface area contributed by atoms with Gasteiger partial charge < -0.3 is 24.4 Å². The van der Waals surface area contributed by atoms with Gasteiger partial charge in [-0.05, 0) is 24.6 Å². The molecule has 1 aromatic carbocycles. The van der Waals surface area contributed by atoms with Crippen molar-refractivity contribution in [3.63, 3.8) is 0 Å². The molecule has 21 heavy (non-hydrogen) atoms. The fourth-order valence-electron chi connectivity index (χ4n) is 2.37. The van der Waals surface area contributed by atoms with Crippen LogP contribution in [0.2, 0.25) is 0 Å². The van der Waals surface area contributed by atoms with E-state index in [0.29, 0.717) is 36.2 Å². The molecule has 1 saturated heterocycles. The standard InChI is InChI=1S/C14H17N3O4/c1-19-11-4-3-8(5-12(11)20-2)13-16-14(21-17-13)10-6-9(18)7-15-10/h3-5,9-10,15,18H,6-7H2,1-2H3/t9-,10-/m1/s1. The summed E-state index contributed by atoms with van der Waals surface area (Å²) in [6, 6.07) is 5.33. The summed E-state index contributed by atoms with van der Waals surface area (Å²) in [5.41, 5.74) is 0.779. The Hall–Kier alpha value is -2.12. The quantitative estimate of drug-likeness (QED) is 0.873. The van der Waals surface area contributed by atoms with Crippen LogP contribution in [-0.2, 0) is 0 Å². The van der Waals surface area contributed by atoms with Crippen molar-refractivity contribution in [2.45, 2.75) is 18.6 Å². The molecule has 1 aliphatic heterocycles. The molecule has 1 aliphatic rings. The summed E-state index contributed by atoms with van der Waals surface area (Å²) in [6.07, 6.45) is 0.208. The molecule has 2 aromatic rings. The van der Waals surface area contributed by atoms with Crippen molar-refractivity contribution in [2.24, 2.45) is 0 Å². The van der Waals surface area contributed by atoms with Crippen molar-refractivity contribution < 1.29 is 19.1 Å². The van der Waals surface area contributed by atoms with Crippen LogP contribution in [0.1, 0.15) is 18.4 Å². The normalized spacial score (nSPS) is 21.5. The summed E-state index contributed by atoms with van der Waals surface area (Å²) in [5, 5.41) is 16.6. The van der Waals surface area contributed by atoms with Gasteiger partial charge in [-0.2, -0.15) is 4.98 Å². The number of nitrogens with one attached hydrogen (secondary N) is 1. The third kappa shape index (κ3) is 2.70. The van der Waals surface area contributed by atoms with Crippen LogP contribution < -0.4 is 14.8 Å². The lowest BCUT2D eigenvalue weighted by Crippen LogP contribution is -2.15. The van der Waals surface area contributed by atoms with E-state index in [4.69, 9.17) is 14.0 Å². The van der Waals surface area contributed by atoms with Gasteiger partial charge in [0, 0.05) is 12.1 Å². The summed E-state index contributed by atoms with van der Waals surface area (Å²) < 4.78 is 15.7. The molecule has 0 amide bonds. The van der Waals surface area contributed by atoms with Crippen molar-refractivity contribution in [3.05, 3.63) is 24.1 Å². The lowest BCUT2D eigenvalue weighted by molar-refractivity contribution is 0.191. The zero-order chi connectivity index (χ0) is 14.8. The number of aromatic nitrogens is 2. The van der Waals surface area contributed by atoms with Crippen LogP contribution in [0.25, 0.3) is 11.4 Å². The monoisotopic (exact) mass is 291 g/mol. The minimum absolute atomic E-state index is 0.0959. The number of aliphatic hydroxyl groups is 1. The molecule has 2 atom stereocenters. The Kier molecular flexibility index (Phi) is 3.76. The molecule has 0 spiro atoms. The zero-order valence-corrected chi connectivity index (χ0v) is 11.9. The first kappa shape index (κ1) is 13.8. The summed E-state index contributed by atoms with van der Waals surface area (Å²) in [4.78, 5) is 4.38. The van der Waals surface area contributed by atoms with E-state index in [1.54, 1.807) is 26.4 Å². The molecule has 0 saturated carbocycles. The van der Waals surface area contributed by atoms with Gasteiger partial charge in [0.1, 0.15) is 0 Å². The molecule has 3 rings (SSSR count). The third-order valence-electron chi connectivity index (χ3n) is 3.49. The number of aliphatic hydroxyl groups excluding tert-OH is 1. The van der Waals surface area contributed by atoms with E-state index in [0.717, 1.165) is 5.56 Å². The van der Waals surface area contributed by atoms with Crippen molar-refractivity contribution >= 4 is 0 Å². The molecule has 0 aliphatic carbocycles. The van der Waals surface area contributed by atoms with E-state index in [9.17, 15) is 5.11 Å². The van der Waals surface area contributed by atoms with Crippen LogP contribution in [-0.4, -0.2) is 42.1 Å². The van der Waals surface area contributed by atoms with Crippen molar-refractivity contribution in [1.82, 2.24) is 15.5 Å². The molecule has 112 valence electrons. The summed E-state index contributed by atoms with van der Waals surface area (Å²) in [5.74, 6) is 2.21. The maximum atomic E-state index is 9.53. The zero-order valence-electron chi connectivity index (χ0n) is 11.9. The molecule has 1 fully saturated rings. The molecular formula is C14H17N3O4. The van der Waals surface area contributed by atoms with Crippen molar-refractivity contribution in [1.29, 1.82) is 0 Å². The summed E-state index contributed by atoms with van der Waals surface area (Å²) in [6.45, 7) is 0.540. The Labute approximate surface area is 121 Å². The smallest absolute Gasteiger partial charge is 0.244 e. The molecule has 2 heterocycles. The molecule has 0 radical (unpaired) electrons. The molecule has 7 nitrogen and oxygen atoms in total. The van der Waals surface area contributed by atoms with Gasteiger partial charge >= 0.3 is 0 Å². The Morgan fingerprint density at radius 1 is 1.29 bits per heavy atom. The Morgan fingerprint density at radius 3 is 2.76 bits per heavy atom. The number of methoxy groups -OCH3 is 2. The van der Waals surface area contributed by atoms with Gasteiger partial charge in [-0.3, -0.25) is 0 Å².